The van der Waals surface area contributed by atoms with E-state index in [1.165, 1.54) is 31.2 Å². The van der Waals surface area contributed by atoms with E-state index in [0.717, 1.165) is 6.08 Å². The number of anilines is 1. The van der Waals surface area contributed by atoms with Gasteiger partial charge in [0.25, 0.3) is 5.91 Å². The number of nitrogens with one attached hydrogen (secondary N) is 1. The van der Waals surface area contributed by atoms with Gasteiger partial charge in [0.1, 0.15) is 0 Å². The second-order valence-corrected chi connectivity index (χ2v) is 3.92. The van der Waals surface area contributed by atoms with Crippen molar-refractivity contribution in [3.05, 3.63) is 41.5 Å². The lowest BCUT2D eigenvalue weighted by molar-refractivity contribution is -0.131. The zero-order valence-corrected chi connectivity index (χ0v) is 11.2. The second-order valence-electron chi connectivity index (χ2n) is 3.92. The minimum absolute atomic E-state index is 0.0759. The Morgan fingerprint density at radius 2 is 1.85 bits per heavy atom. The highest BCUT2D eigenvalue weighted by Gasteiger charge is 2.09. The highest BCUT2D eigenvalue weighted by molar-refractivity contribution is 6.06. The monoisotopic (exact) mass is 277 g/mol. The first-order valence-corrected chi connectivity index (χ1v) is 5.93. The van der Waals surface area contributed by atoms with Crippen LogP contribution in [0.25, 0.3) is 0 Å². The molecular formula is C14H15NO5. The fourth-order valence-electron chi connectivity index (χ4n) is 1.38. The first-order valence-electron chi connectivity index (χ1n) is 5.93. The summed E-state index contributed by atoms with van der Waals surface area (Å²) in [6.07, 6.45) is 0.822. The summed E-state index contributed by atoms with van der Waals surface area (Å²) in [6.45, 7) is 3.40. The SMILES string of the molecule is CCOC(=O)c1ccc(NC(=O)C(C)=CC(=O)O)cc1. The molecule has 6 heteroatoms. The highest BCUT2D eigenvalue weighted by atomic mass is 16.5. The number of carboxylic acids is 1. The molecule has 1 aromatic rings. The first kappa shape index (κ1) is 15.4. The number of carboxylic acid groups (broad SMARTS) is 1. The topological polar surface area (TPSA) is 92.7 Å². The Labute approximate surface area is 116 Å². The summed E-state index contributed by atoms with van der Waals surface area (Å²) in [6, 6.07) is 6.12. The fraction of sp³-hybridized carbons (Fsp3) is 0.214. The Morgan fingerprint density at radius 1 is 1.25 bits per heavy atom. The van der Waals surface area contributed by atoms with Crippen LogP contribution < -0.4 is 5.32 Å². The van der Waals surface area contributed by atoms with E-state index in [0.29, 0.717) is 11.3 Å². The molecule has 0 aliphatic rings. The van der Waals surface area contributed by atoms with E-state index in [1.807, 2.05) is 0 Å². The van der Waals surface area contributed by atoms with E-state index in [9.17, 15) is 14.4 Å². The molecule has 0 aromatic heterocycles. The van der Waals surface area contributed by atoms with Gasteiger partial charge in [0, 0.05) is 17.3 Å². The number of carbonyl (C=O) groups excluding carboxylic acids is 2. The van der Waals surface area contributed by atoms with E-state index in [4.69, 9.17) is 9.84 Å². The Hall–Kier alpha value is -2.63. The van der Waals surface area contributed by atoms with Crippen LogP contribution >= 0.6 is 0 Å². The minimum Gasteiger partial charge on any atom is -0.478 e. The van der Waals surface area contributed by atoms with Gasteiger partial charge in [-0.1, -0.05) is 0 Å². The molecule has 0 aliphatic carbocycles. The molecule has 0 aliphatic heterocycles. The molecule has 20 heavy (non-hydrogen) atoms. The molecule has 106 valence electrons. The van der Waals surface area contributed by atoms with Gasteiger partial charge < -0.3 is 15.2 Å². The summed E-state index contributed by atoms with van der Waals surface area (Å²) in [5.41, 5.74) is 0.913. The van der Waals surface area contributed by atoms with Crippen LogP contribution in [0.1, 0.15) is 24.2 Å². The quantitative estimate of drug-likeness (QED) is 0.632. The molecule has 0 spiro atoms. The van der Waals surface area contributed by atoms with Crippen molar-refractivity contribution in [2.24, 2.45) is 0 Å². The van der Waals surface area contributed by atoms with Crippen LogP contribution in [0.2, 0.25) is 0 Å². The van der Waals surface area contributed by atoms with Gasteiger partial charge in [-0.25, -0.2) is 9.59 Å². The molecule has 0 saturated carbocycles. The maximum absolute atomic E-state index is 11.6. The maximum Gasteiger partial charge on any atom is 0.338 e. The number of rotatable bonds is 5. The van der Waals surface area contributed by atoms with Crippen molar-refractivity contribution in [2.75, 3.05) is 11.9 Å². The van der Waals surface area contributed by atoms with Crippen molar-refractivity contribution in [3.63, 3.8) is 0 Å². The zero-order chi connectivity index (χ0) is 15.1. The predicted molar refractivity (Wildman–Crippen MR) is 72.4 cm³/mol. The first-order chi connectivity index (χ1) is 9.43. The Bertz CT molecular complexity index is 545. The molecule has 0 radical (unpaired) electrons. The van der Waals surface area contributed by atoms with Crippen LogP contribution in [0.3, 0.4) is 0 Å². The van der Waals surface area contributed by atoms with Gasteiger partial charge in [-0.2, -0.15) is 0 Å². The van der Waals surface area contributed by atoms with Crippen LogP contribution in [0.5, 0.6) is 0 Å². The molecule has 2 N–H and O–H groups in total. The van der Waals surface area contributed by atoms with Crippen molar-refractivity contribution in [2.45, 2.75) is 13.8 Å². The number of hydrogen-bond acceptors (Lipinski definition) is 4. The lowest BCUT2D eigenvalue weighted by Crippen LogP contribution is -2.14. The summed E-state index contributed by atoms with van der Waals surface area (Å²) in [5, 5.41) is 11.1. The number of amides is 1. The normalized spacial score (nSPS) is 10.8. The van der Waals surface area contributed by atoms with Crippen molar-refractivity contribution in [3.8, 4) is 0 Å². The molecule has 1 amide bonds. The van der Waals surface area contributed by atoms with Gasteiger partial charge in [-0.15, -0.1) is 0 Å². The average Bonchev–Trinajstić information content (AvgIpc) is 2.39. The summed E-state index contributed by atoms with van der Waals surface area (Å²) >= 11 is 0. The predicted octanol–water partition coefficient (Wildman–Crippen LogP) is 1.83. The molecule has 0 bridgehead atoms. The van der Waals surface area contributed by atoms with Crippen LogP contribution in [-0.4, -0.2) is 29.6 Å². The summed E-state index contributed by atoms with van der Waals surface area (Å²) in [5.74, 6) is -2.14. The number of hydrogen-bond donors (Lipinski definition) is 2. The van der Waals surface area contributed by atoms with Crippen LogP contribution in [-0.2, 0) is 14.3 Å². The minimum atomic E-state index is -1.18. The van der Waals surface area contributed by atoms with E-state index < -0.39 is 17.8 Å². The number of esters is 1. The van der Waals surface area contributed by atoms with Gasteiger partial charge in [0.2, 0.25) is 0 Å². The van der Waals surface area contributed by atoms with Crippen molar-refractivity contribution >= 4 is 23.5 Å². The molecule has 0 atom stereocenters. The Balaban J connectivity index is 2.73. The molecule has 0 saturated heterocycles. The maximum atomic E-state index is 11.6. The number of benzene rings is 1. The summed E-state index contributed by atoms with van der Waals surface area (Å²) < 4.78 is 4.83. The number of ether oxygens (including phenoxy) is 1. The van der Waals surface area contributed by atoms with Crippen molar-refractivity contribution < 1.29 is 24.2 Å². The lowest BCUT2D eigenvalue weighted by Gasteiger charge is -2.06. The van der Waals surface area contributed by atoms with Gasteiger partial charge in [-0.05, 0) is 38.1 Å². The molecule has 1 rings (SSSR count). The molecule has 1 aromatic carbocycles. The number of aliphatic carboxylic acids is 1. The smallest absolute Gasteiger partial charge is 0.338 e. The molecule has 0 unspecified atom stereocenters. The van der Waals surface area contributed by atoms with Gasteiger partial charge in [-0.3, -0.25) is 4.79 Å². The third kappa shape index (κ3) is 4.56. The van der Waals surface area contributed by atoms with Crippen LogP contribution in [0.15, 0.2) is 35.9 Å². The summed E-state index contributed by atoms with van der Waals surface area (Å²) in [4.78, 5) is 33.5. The second kappa shape index (κ2) is 7.08. The average molecular weight is 277 g/mol. The van der Waals surface area contributed by atoms with Crippen LogP contribution in [0.4, 0.5) is 5.69 Å². The third-order valence-corrected chi connectivity index (χ3v) is 2.35. The standard InChI is InChI=1S/C14H15NO5/c1-3-20-14(19)10-4-6-11(7-5-10)15-13(18)9(2)8-12(16)17/h4-8H,3H2,1-2H3,(H,15,18)(H,16,17). The van der Waals surface area contributed by atoms with Crippen molar-refractivity contribution in [1.29, 1.82) is 0 Å². The third-order valence-electron chi connectivity index (χ3n) is 2.35. The van der Waals surface area contributed by atoms with E-state index >= 15 is 0 Å². The zero-order valence-electron chi connectivity index (χ0n) is 11.2. The van der Waals surface area contributed by atoms with Gasteiger partial charge in [0.15, 0.2) is 0 Å². The lowest BCUT2D eigenvalue weighted by atomic mass is 10.2. The molecule has 0 fully saturated rings. The van der Waals surface area contributed by atoms with E-state index in [1.54, 1.807) is 6.92 Å². The molecule has 6 nitrogen and oxygen atoms in total. The van der Waals surface area contributed by atoms with Gasteiger partial charge >= 0.3 is 11.9 Å². The Morgan fingerprint density at radius 3 is 2.35 bits per heavy atom. The van der Waals surface area contributed by atoms with Gasteiger partial charge in [0.05, 0.1) is 12.2 Å². The molecular weight excluding hydrogens is 262 g/mol. The van der Waals surface area contributed by atoms with Crippen LogP contribution in [0, 0.1) is 0 Å². The van der Waals surface area contributed by atoms with E-state index in [-0.39, 0.29) is 12.2 Å². The highest BCUT2D eigenvalue weighted by Crippen LogP contribution is 2.11. The van der Waals surface area contributed by atoms with E-state index in [2.05, 4.69) is 5.32 Å². The summed E-state index contributed by atoms with van der Waals surface area (Å²) in [7, 11) is 0. The van der Waals surface area contributed by atoms with Crippen molar-refractivity contribution in [1.82, 2.24) is 0 Å². The Kier molecular flexibility index (Phi) is 5.46. The number of carbonyl (C=O) groups is 3. The largest absolute Gasteiger partial charge is 0.478 e. The molecule has 0 heterocycles. The fourth-order valence-corrected chi connectivity index (χ4v) is 1.38.